The molecule has 0 bridgehead atoms. The van der Waals surface area contributed by atoms with Gasteiger partial charge in [0.2, 0.25) is 0 Å². The van der Waals surface area contributed by atoms with Crippen LogP contribution in [0.15, 0.2) is 24.3 Å². The SMILES string of the molecule is CN1CCN(C(=O)NC(C)(C)C)c2ccccc21. The van der Waals surface area contributed by atoms with Gasteiger partial charge in [0.05, 0.1) is 11.4 Å². The van der Waals surface area contributed by atoms with E-state index >= 15 is 0 Å². The number of likely N-dealkylation sites (N-methyl/N-ethyl adjacent to an activating group) is 1. The van der Waals surface area contributed by atoms with Gasteiger partial charge in [0, 0.05) is 25.7 Å². The highest BCUT2D eigenvalue weighted by Gasteiger charge is 2.26. The van der Waals surface area contributed by atoms with Gasteiger partial charge in [0.1, 0.15) is 0 Å². The summed E-state index contributed by atoms with van der Waals surface area (Å²) in [6.07, 6.45) is 0. The van der Waals surface area contributed by atoms with Crippen molar-refractivity contribution < 1.29 is 4.79 Å². The first-order valence-corrected chi connectivity index (χ1v) is 6.28. The van der Waals surface area contributed by atoms with E-state index < -0.39 is 0 Å². The van der Waals surface area contributed by atoms with Crippen molar-refractivity contribution in [2.45, 2.75) is 26.3 Å². The van der Waals surface area contributed by atoms with Crippen molar-refractivity contribution in [3.63, 3.8) is 0 Å². The summed E-state index contributed by atoms with van der Waals surface area (Å²) in [5.41, 5.74) is 1.87. The summed E-state index contributed by atoms with van der Waals surface area (Å²) in [5, 5.41) is 3.01. The Bertz CT molecular complexity index is 451. The zero-order valence-electron chi connectivity index (χ0n) is 11.5. The number of hydrogen-bond donors (Lipinski definition) is 1. The van der Waals surface area contributed by atoms with Crippen LogP contribution in [0.5, 0.6) is 0 Å². The number of urea groups is 1. The van der Waals surface area contributed by atoms with Crippen molar-refractivity contribution in [2.75, 3.05) is 29.9 Å². The van der Waals surface area contributed by atoms with Crippen molar-refractivity contribution >= 4 is 17.4 Å². The minimum absolute atomic E-state index is 0.0250. The van der Waals surface area contributed by atoms with E-state index in [1.165, 1.54) is 0 Å². The van der Waals surface area contributed by atoms with Crippen molar-refractivity contribution in [3.05, 3.63) is 24.3 Å². The summed E-state index contributed by atoms with van der Waals surface area (Å²) in [6, 6.07) is 7.98. The molecule has 1 aromatic rings. The van der Waals surface area contributed by atoms with E-state index in [2.05, 4.69) is 17.3 Å². The summed E-state index contributed by atoms with van der Waals surface area (Å²) >= 11 is 0. The number of carbonyl (C=O) groups excluding carboxylic acids is 1. The number of rotatable bonds is 0. The van der Waals surface area contributed by atoms with E-state index in [1.54, 1.807) is 0 Å². The van der Waals surface area contributed by atoms with Crippen LogP contribution in [-0.4, -0.2) is 31.7 Å². The highest BCUT2D eigenvalue weighted by molar-refractivity contribution is 5.97. The molecule has 1 aromatic carbocycles. The molecule has 4 nitrogen and oxygen atoms in total. The summed E-state index contributed by atoms with van der Waals surface area (Å²) in [5.74, 6) is 0. The van der Waals surface area contributed by atoms with Crippen molar-refractivity contribution in [2.24, 2.45) is 0 Å². The molecule has 0 fully saturated rings. The quantitative estimate of drug-likeness (QED) is 0.764. The van der Waals surface area contributed by atoms with Gasteiger partial charge in [-0.1, -0.05) is 12.1 Å². The van der Waals surface area contributed by atoms with E-state index in [1.807, 2.05) is 49.9 Å². The smallest absolute Gasteiger partial charge is 0.322 e. The number of amides is 2. The molecular weight excluding hydrogens is 226 g/mol. The zero-order chi connectivity index (χ0) is 13.3. The van der Waals surface area contributed by atoms with Gasteiger partial charge in [-0.05, 0) is 32.9 Å². The number of nitrogens with one attached hydrogen (secondary N) is 1. The summed E-state index contributed by atoms with van der Waals surface area (Å²) in [4.78, 5) is 16.3. The Hall–Kier alpha value is -1.71. The molecule has 0 aliphatic carbocycles. The lowest BCUT2D eigenvalue weighted by molar-refractivity contribution is 0.237. The summed E-state index contributed by atoms with van der Waals surface area (Å²) in [7, 11) is 2.05. The third kappa shape index (κ3) is 2.58. The van der Waals surface area contributed by atoms with E-state index in [0.717, 1.165) is 24.5 Å². The Labute approximate surface area is 109 Å². The van der Waals surface area contributed by atoms with Crippen LogP contribution in [0.2, 0.25) is 0 Å². The van der Waals surface area contributed by atoms with Crippen LogP contribution in [0.1, 0.15) is 20.8 Å². The number of para-hydroxylation sites is 2. The standard InChI is InChI=1S/C14H21N3O/c1-14(2,3)15-13(18)17-10-9-16(4)11-7-5-6-8-12(11)17/h5-8H,9-10H2,1-4H3,(H,15,18). The van der Waals surface area contributed by atoms with Crippen molar-refractivity contribution in [1.82, 2.24) is 5.32 Å². The van der Waals surface area contributed by atoms with Crippen LogP contribution >= 0.6 is 0 Å². The number of carbonyl (C=O) groups is 1. The van der Waals surface area contributed by atoms with Crippen molar-refractivity contribution in [3.8, 4) is 0 Å². The molecule has 4 heteroatoms. The van der Waals surface area contributed by atoms with Crippen LogP contribution in [0.4, 0.5) is 16.2 Å². The second-order valence-electron chi connectivity index (χ2n) is 5.74. The highest BCUT2D eigenvalue weighted by atomic mass is 16.2. The predicted molar refractivity (Wildman–Crippen MR) is 75.3 cm³/mol. The molecule has 0 saturated carbocycles. The van der Waals surface area contributed by atoms with E-state index in [-0.39, 0.29) is 11.6 Å². The fourth-order valence-corrected chi connectivity index (χ4v) is 2.11. The topological polar surface area (TPSA) is 35.6 Å². The molecule has 0 atom stereocenters. The molecule has 18 heavy (non-hydrogen) atoms. The molecule has 0 unspecified atom stereocenters. The van der Waals surface area contributed by atoms with Gasteiger partial charge in [-0.25, -0.2) is 4.79 Å². The minimum atomic E-state index is -0.213. The molecule has 2 amide bonds. The molecule has 1 aliphatic heterocycles. The molecule has 2 rings (SSSR count). The number of nitrogens with zero attached hydrogens (tertiary/aromatic N) is 2. The number of fused-ring (bicyclic) bond motifs is 1. The Kier molecular flexibility index (Phi) is 3.20. The Morgan fingerprint density at radius 3 is 2.39 bits per heavy atom. The summed E-state index contributed by atoms with van der Waals surface area (Å²) < 4.78 is 0. The van der Waals surface area contributed by atoms with Crippen LogP contribution in [-0.2, 0) is 0 Å². The highest BCUT2D eigenvalue weighted by Crippen LogP contribution is 2.31. The lowest BCUT2D eigenvalue weighted by atomic mass is 10.1. The first kappa shape index (κ1) is 12.7. The van der Waals surface area contributed by atoms with E-state index in [9.17, 15) is 4.79 Å². The Morgan fingerprint density at radius 2 is 1.78 bits per heavy atom. The Balaban J connectivity index is 2.26. The molecule has 0 aromatic heterocycles. The zero-order valence-corrected chi connectivity index (χ0v) is 11.5. The van der Waals surface area contributed by atoms with Gasteiger partial charge in [-0.15, -0.1) is 0 Å². The fourth-order valence-electron chi connectivity index (χ4n) is 2.11. The largest absolute Gasteiger partial charge is 0.371 e. The normalized spacial score (nSPS) is 15.3. The molecule has 0 spiro atoms. The third-order valence-electron chi connectivity index (χ3n) is 2.97. The van der Waals surface area contributed by atoms with E-state index in [4.69, 9.17) is 0 Å². The van der Waals surface area contributed by atoms with E-state index in [0.29, 0.717) is 0 Å². The van der Waals surface area contributed by atoms with Crippen molar-refractivity contribution in [1.29, 1.82) is 0 Å². The number of anilines is 2. The van der Waals surface area contributed by atoms with Gasteiger partial charge in [0.15, 0.2) is 0 Å². The molecule has 1 aliphatic rings. The first-order valence-electron chi connectivity index (χ1n) is 6.28. The predicted octanol–water partition coefficient (Wildman–Crippen LogP) is 2.45. The average Bonchev–Trinajstić information content (AvgIpc) is 2.27. The Morgan fingerprint density at radius 1 is 1.17 bits per heavy atom. The average molecular weight is 247 g/mol. The molecule has 0 saturated heterocycles. The first-order chi connectivity index (χ1) is 8.38. The monoisotopic (exact) mass is 247 g/mol. The second kappa shape index (κ2) is 4.52. The van der Waals surface area contributed by atoms with Crippen LogP contribution in [0, 0.1) is 0 Å². The maximum Gasteiger partial charge on any atom is 0.322 e. The third-order valence-corrected chi connectivity index (χ3v) is 2.97. The van der Waals surface area contributed by atoms with Gasteiger partial charge >= 0.3 is 6.03 Å². The molecule has 1 N–H and O–H groups in total. The fraction of sp³-hybridized carbons (Fsp3) is 0.500. The molecule has 1 heterocycles. The number of benzene rings is 1. The van der Waals surface area contributed by atoms with Gasteiger partial charge in [0.25, 0.3) is 0 Å². The van der Waals surface area contributed by atoms with Crippen LogP contribution in [0.25, 0.3) is 0 Å². The lowest BCUT2D eigenvalue weighted by Gasteiger charge is -2.37. The molecular formula is C14H21N3O. The second-order valence-corrected chi connectivity index (χ2v) is 5.74. The summed E-state index contributed by atoms with van der Waals surface area (Å²) in [6.45, 7) is 7.55. The van der Waals surface area contributed by atoms with Gasteiger partial charge in [-0.3, -0.25) is 4.90 Å². The molecule has 98 valence electrons. The van der Waals surface area contributed by atoms with Crippen LogP contribution < -0.4 is 15.1 Å². The van der Waals surface area contributed by atoms with Crippen LogP contribution in [0.3, 0.4) is 0 Å². The minimum Gasteiger partial charge on any atom is -0.371 e. The number of hydrogen-bond acceptors (Lipinski definition) is 2. The maximum atomic E-state index is 12.3. The van der Waals surface area contributed by atoms with Gasteiger partial charge < -0.3 is 10.2 Å². The lowest BCUT2D eigenvalue weighted by Crippen LogP contribution is -2.52. The van der Waals surface area contributed by atoms with Gasteiger partial charge in [-0.2, -0.15) is 0 Å². The maximum absolute atomic E-state index is 12.3. The molecule has 0 radical (unpaired) electrons.